The molecule has 0 fully saturated rings. The first-order chi connectivity index (χ1) is 12.1. The van der Waals surface area contributed by atoms with Crippen molar-refractivity contribution in [2.45, 2.75) is 6.23 Å². The fraction of sp³-hybridized carbons (Fsp3) is 0.150. The van der Waals surface area contributed by atoms with Crippen LogP contribution in [0.15, 0.2) is 59.9 Å². The molecule has 25 heavy (non-hydrogen) atoms. The third-order valence-corrected chi connectivity index (χ3v) is 4.94. The lowest BCUT2D eigenvalue weighted by atomic mass is 9.94. The van der Waals surface area contributed by atoms with E-state index in [1.807, 2.05) is 60.3 Å². The third kappa shape index (κ3) is 2.78. The Hall–Kier alpha value is -2.07. The molecule has 4 rings (SSSR count). The Kier molecular flexibility index (Phi) is 4.16. The van der Waals surface area contributed by atoms with Gasteiger partial charge in [0.15, 0.2) is 6.23 Å². The van der Waals surface area contributed by atoms with Gasteiger partial charge in [-0.2, -0.15) is 0 Å². The summed E-state index contributed by atoms with van der Waals surface area (Å²) in [6, 6.07) is 13.6. The maximum absolute atomic E-state index is 6.46. The van der Waals surface area contributed by atoms with Crippen molar-refractivity contribution in [3.8, 4) is 11.1 Å². The predicted molar refractivity (Wildman–Crippen MR) is 103 cm³/mol. The Labute approximate surface area is 156 Å². The first-order valence-electron chi connectivity index (χ1n) is 7.90. The number of halogens is 2. The molecule has 0 spiro atoms. The molecule has 1 atom stereocenters. The van der Waals surface area contributed by atoms with Crippen molar-refractivity contribution < 1.29 is 4.74 Å². The van der Waals surface area contributed by atoms with Crippen molar-refractivity contribution in [1.82, 2.24) is 4.57 Å². The first kappa shape index (κ1) is 16.4. The van der Waals surface area contributed by atoms with Gasteiger partial charge in [0.05, 0.1) is 5.71 Å². The van der Waals surface area contributed by atoms with Gasteiger partial charge in [-0.15, -0.1) is 0 Å². The lowest BCUT2D eigenvalue weighted by molar-refractivity contribution is 0.112. The van der Waals surface area contributed by atoms with Gasteiger partial charge in [0, 0.05) is 58.9 Å². The number of aliphatic imine (C=N–C) groups is 1. The maximum Gasteiger partial charge on any atom is 0.176 e. The molecule has 126 valence electrons. The highest BCUT2D eigenvalue weighted by atomic mass is 35.5. The molecule has 0 saturated carbocycles. The van der Waals surface area contributed by atoms with Crippen LogP contribution in [-0.2, 0) is 11.8 Å². The summed E-state index contributed by atoms with van der Waals surface area (Å²) < 4.78 is 7.71. The van der Waals surface area contributed by atoms with Crippen molar-refractivity contribution in [2.24, 2.45) is 12.0 Å². The van der Waals surface area contributed by atoms with E-state index in [1.54, 1.807) is 7.11 Å². The van der Waals surface area contributed by atoms with E-state index in [2.05, 4.69) is 6.20 Å². The number of fused-ring (bicyclic) bond motifs is 3. The summed E-state index contributed by atoms with van der Waals surface area (Å²) in [6.07, 6.45) is 3.72. The predicted octanol–water partition coefficient (Wildman–Crippen LogP) is 5.49. The van der Waals surface area contributed by atoms with Crippen molar-refractivity contribution in [3.05, 3.63) is 81.6 Å². The summed E-state index contributed by atoms with van der Waals surface area (Å²) in [5.41, 5.74) is 5.78. The molecule has 0 N–H and O–H groups in total. The molecular formula is C20H16Cl2N2O. The van der Waals surface area contributed by atoms with Crippen LogP contribution >= 0.6 is 23.2 Å². The molecule has 3 nitrogen and oxygen atoms in total. The highest BCUT2D eigenvalue weighted by Gasteiger charge is 2.27. The molecule has 1 aromatic heterocycles. The molecule has 0 radical (unpaired) electrons. The Balaban J connectivity index is 2.06. The zero-order valence-electron chi connectivity index (χ0n) is 13.8. The van der Waals surface area contributed by atoms with E-state index in [9.17, 15) is 0 Å². The lowest BCUT2D eigenvalue weighted by Crippen LogP contribution is -2.07. The van der Waals surface area contributed by atoms with Crippen LogP contribution in [0.5, 0.6) is 0 Å². The smallest absolute Gasteiger partial charge is 0.176 e. The Morgan fingerprint density at radius 1 is 0.960 bits per heavy atom. The molecule has 3 aromatic rings. The van der Waals surface area contributed by atoms with Gasteiger partial charge in [-0.25, -0.2) is 4.99 Å². The van der Waals surface area contributed by atoms with Gasteiger partial charge in [-0.1, -0.05) is 47.5 Å². The summed E-state index contributed by atoms with van der Waals surface area (Å²) in [7, 11) is 3.66. The summed E-state index contributed by atoms with van der Waals surface area (Å²) in [6.45, 7) is 0. The number of ether oxygens (including phenoxy) is 1. The van der Waals surface area contributed by atoms with Crippen LogP contribution in [0.4, 0.5) is 0 Å². The van der Waals surface area contributed by atoms with Gasteiger partial charge in [-0.05, 0) is 23.8 Å². The first-order valence-corrected chi connectivity index (χ1v) is 8.65. The Morgan fingerprint density at radius 3 is 2.52 bits per heavy atom. The molecule has 1 aliphatic rings. The van der Waals surface area contributed by atoms with Gasteiger partial charge in [0.2, 0.25) is 0 Å². The van der Waals surface area contributed by atoms with Crippen LogP contribution in [0.2, 0.25) is 10.0 Å². The molecule has 2 heterocycles. The Bertz CT molecular complexity index is 991. The van der Waals surface area contributed by atoms with Crippen LogP contribution in [0.1, 0.15) is 22.9 Å². The van der Waals surface area contributed by atoms with Crippen molar-refractivity contribution in [1.29, 1.82) is 0 Å². The summed E-state index contributed by atoms with van der Waals surface area (Å²) in [5.74, 6) is 0. The van der Waals surface area contributed by atoms with Crippen LogP contribution in [0.25, 0.3) is 11.1 Å². The number of benzene rings is 2. The van der Waals surface area contributed by atoms with E-state index in [0.717, 1.165) is 33.5 Å². The molecular weight excluding hydrogens is 355 g/mol. The standard InChI is InChI=1S/C20H16Cl2N2O/c1-24-10-16-13-8-7-12(21)9-15(13)19(14-5-3-4-6-18(14)22)23-20(25-2)17(16)11-24/h3-11,20H,1-2H3. The fourth-order valence-corrected chi connectivity index (χ4v) is 3.67. The van der Waals surface area contributed by atoms with Crippen LogP contribution in [0.3, 0.4) is 0 Å². The number of methoxy groups -OCH3 is 1. The maximum atomic E-state index is 6.46. The number of aryl methyl sites for hydroxylation is 1. The molecule has 0 saturated heterocycles. The molecule has 0 amide bonds. The van der Waals surface area contributed by atoms with Crippen LogP contribution in [-0.4, -0.2) is 17.4 Å². The number of hydrogen-bond acceptors (Lipinski definition) is 2. The molecule has 1 unspecified atom stereocenters. The molecule has 0 bridgehead atoms. The SMILES string of the molecule is COC1N=C(c2ccccc2Cl)c2cc(Cl)ccc2-c2cn(C)cc21. The second-order valence-electron chi connectivity index (χ2n) is 6.03. The van der Waals surface area contributed by atoms with Gasteiger partial charge in [0.1, 0.15) is 0 Å². The summed E-state index contributed by atoms with van der Waals surface area (Å²) in [4.78, 5) is 4.90. The van der Waals surface area contributed by atoms with Gasteiger partial charge in [-0.3, -0.25) is 0 Å². The minimum atomic E-state index is -0.409. The van der Waals surface area contributed by atoms with Crippen LogP contribution < -0.4 is 0 Å². The number of nitrogens with zero attached hydrogens (tertiary/aromatic N) is 2. The van der Waals surface area contributed by atoms with E-state index >= 15 is 0 Å². The molecule has 5 heteroatoms. The van der Waals surface area contributed by atoms with Crippen molar-refractivity contribution in [3.63, 3.8) is 0 Å². The van der Waals surface area contributed by atoms with Crippen molar-refractivity contribution >= 4 is 28.9 Å². The average Bonchev–Trinajstić information content (AvgIpc) is 2.93. The van der Waals surface area contributed by atoms with Crippen LogP contribution in [0, 0.1) is 0 Å². The topological polar surface area (TPSA) is 26.5 Å². The second-order valence-corrected chi connectivity index (χ2v) is 6.87. The van der Waals surface area contributed by atoms with Gasteiger partial charge < -0.3 is 9.30 Å². The van der Waals surface area contributed by atoms with E-state index in [0.29, 0.717) is 10.0 Å². The monoisotopic (exact) mass is 370 g/mol. The van der Waals surface area contributed by atoms with Crippen molar-refractivity contribution in [2.75, 3.05) is 7.11 Å². The number of hydrogen-bond donors (Lipinski definition) is 0. The number of rotatable bonds is 2. The minimum Gasteiger partial charge on any atom is -0.356 e. The van der Waals surface area contributed by atoms with E-state index in [1.165, 1.54) is 0 Å². The van der Waals surface area contributed by atoms with E-state index < -0.39 is 6.23 Å². The minimum absolute atomic E-state index is 0.409. The largest absolute Gasteiger partial charge is 0.356 e. The molecule has 1 aliphatic heterocycles. The normalized spacial score (nSPS) is 16.0. The van der Waals surface area contributed by atoms with Gasteiger partial charge >= 0.3 is 0 Å². The fourth-order valence-electron chi connectivity index (χ4n) is 3.28. The van der Waals surface area contributed by atoms with Gasteiger partial charge in [0.25, 0.3) is 0 Å². The zero-order chi connectivity index (χ0) is 17.6. The average molecular weight is 371 g/mol. The third-order valence-electron chi connectivity index (χ3n) is 4.38. The highest BCUT2D eigenvalue weighted by molar-refractivity contribution is 6.36. The zero-order valence-corrected chi connectivity index (χ0v) is 15.3. The number of aromatic nitrogens is 1. The quantitative estimate of drug-likeness (QED) is 0.585. The van der Waals surface area contributed by atoms with E-state index in [4.69, 9.17) is 32.9 Å². The second kappa shape index (κ2) is 6.34. The lowest BCUT2D eigenvalue weighted by Gasteiger charge is -2.13. The Morgan fingerprint density at radius 2 is 1.76 bits per heavy atom. The van der Waals surface area contributed by atoms with E-state index in [-0.39, 0.29) is 0 Å². The summed E-state index contributed by atoms with van der Waals surface area (Å²) in [5, 5.41) is 1.31. The molecule has 2 aromatic carbocycles. The summed E-state index contributed by atoms with van der Waals surface area (Å²) >= 11 is 12.8. The highest BCUT2D eigenvalue weighted by Crippen LogP contribution is 2.40. The molecule has 0 aliphatic carbocycles.